The highest BCUT2D eigenvalue weighted by atomic mass is 32.2. The summed E-state index contributed by atoms with van der Waals surface area (Å²) >= 11 is 0. The van der Waals surface area contributed by atoms with Crippen LogP contribution in [0.4, 0.5) is 0 Å². The Balaban J connectivity index is 2.03. The lowest BCUT2D eigenvalue weighted by Gasteiger charge is -2.20. The van der Waals surface area contributed by atoms with Crippen molar-refractivity contribution < 1.29 is 18.3 Å². The number of rotatable bonds is 6. The van der Waals surface area contributed by atoms with Crippen molar-refractivity contribution in [1.82, 2.24) is 0 Å². The highest BCUT2D eigenvalue weighted by molar-refractivity contribution is 7.91. The van der Waals surface area contributed by atoms with E-state index in [1.54, 1.807) is 48.5 Å². The summed E-state index contributed by atoms with van der Waals surface area (Å²) in [6, 6.07) is 14.7. The van der Waals surface area contributed by atoms with Gasteiger partial charge in [-0.15, -0.1) is 0 Å². The van der Waals surface area contributed by atoms with E-state index in [0.717, 1.165) is 25.7 Å². The normalized spacial score (nSPS) is 16.6. The molecule has 0 heterocycles. The zero-order valence-corrected chi connectivity index (χ0v) is 14.8. The first-order valence-electron chi connectivity index (χ1n) is 8.62. The Hall–Kier alpha value is -2.14. The molecule has 0 amide bonds. The van der Waals surface area contributed by atoms with Crippen molar-refractivity contribution in [2.24, 2.45) is 5.92 Å². The third kappa shape index (κ3) is 3.76. The molecule has 25 heavy (non-hydrogen) atoms. The van der Waals surface area contributed by atoms with Crippen LogP contribution in [0, 0.1) is 5.92 Å². The van der Waals surface area contributed by atoms with Crippen LogP contribution in [0.2, 0.25) is 0 Å². The Kier molecular flexibility index (Phi) is 5.23. The van der Waals surface area contributed by atoms with Crippen molar-refractivity contribution >= 4 is 15.8 Å². The molecule has 1 aliphatic carbocycles. The number of benzene rings is 2. The molecule has 3 rings (SSSR count). The minimum Gasteiger partial charge on any atom is -0.481 e. The second-order valence-corrected chi connectivity index (χ2v) is 8.55. The van der Waals surface area contributed by atoms with Gasteiger partial charge in [0.1, 0.15) is 0 Å². The molecule has 1 unspecified atom stereocenters. The maximum atomic E-state index is 13.0. The monoisotopic (exact) mass is 358 g/mol. The minimum absolute atomic E-state index is 0.103. The van der Waals surface area contributed by atoms with Crippen molar-refractivity contribution in [3.05, 3.63) is 60.2 Å². The highest BCUT2D eigenvalue weighted by Gasteiger charge is 2.31. The molecule has 0 spiro atoms. The van der Waals surface area contributed by atoms with E-state index in [-0.39, 0.29) is 9.79 Å². The van der Waals surface area contributed by atoms with Gasteiger partial charge < -0.3 is 5.11 Å². The largest absolute Gasteiger partial charge is 0.481 e. The maximum absolute atomic E-state index is 13.0. The molecule has 0 aliphatic heterocycles. The fraction of sp³-hybridized carbons (Fsp3) is 0.350. The number of carboxylic acids is 1. The Labute approximate surface area is 148 Å². The number of sulfone groups is 1. The van der Waals surface area contributed by atoms with Gasteiger partial charge in [-0.25, -0.2) is 8.42 Å². The molecule has 132 valence electrons. The van der Waals surface area contributed by atoms with Crippen LogP contribution in [0.15, 0.2) is 64.4 Å². The summed E-state index contributed by atoms with van der Waals surface area (Å²) < 4.78 is 26.1. The predicted octanol–water partition coefficient (Wildman–Crippen LogP) is 4.27. The molecule has 1 saturated carbocycles. The van der Waals surface area contributed by atoms with E-state index in [4.69, 9.17) is 0 Å². The summed E-state index contributed by atoms with van der Waals surface area (Å²) in [4.78, 5) is 12.2. The smallest absolute Gasteiger partial charge is 0.311 e. The standard InChI is InChI=1S/C20H22O4S/c21-20(22)18(14-15-8-4-5-9-15)17-12-6-7-13-19(17)25(23,24)16-10-2-1-3-11-16/h1-3,6-7,10-13,15,18H,4-5,8-9,14H2,(H,21,22). The first kappa shape index (κ1) is 17.7. The summed E-state index contributed by atoms with van der Waals surface area (Å²) in [5, 5.41) is 9.75. The lowest BCUT2D eigenvalue weighted by atomic mass is 9.88. The SMILES string of the molecule is O=C(O)C(CC1CCCC1)c1ccccc1S(=O)(=O)c1ccccc1. The molecule has 1 atom stereocenters. The van der Waals surface area contributed by atoms with Crippen LogP contribution >= 0.6 is 0 Å². The average Bonchev–Trinajstić information content (AvgIpc) is 3.13. The number of aliphatic carboxylic acids is 1. The molecule has 4 nitrogen and oxygen atoms in total. The van der Waals surface area contributed by atoms with Crippen LogP contribution in [0.1, 0.15) is 43.6 Å². The number of carbonyl (C=O) groups is 1. The second kappa shape index (κ2) is 7.40. The maximum Gasteiger partial charge on any atom is 0.311 e. The molecule has 2 aromatic carbocycles. The molecule has 0 bridgehead atoms. The van der Waals surface area contributed by atoms with Crippen LogP contribution in [0.5, 0.6) is 0 Å². The van der Waals surface area contributed by atoms with E-state index >= 15 is 0 Å². The van der Waals surface area contributed by atoms with Crippen LogP contribution < -0.4 is 0 Å². The molecule has 1 N–H and O–H groups in total. The first-order chi connectivity index (χ1) is 12.0. The van der Waals surface area contributed by atoms with Gasteiger partial charge in [-0.3, -0.25) is 4.79 Å². The summed E-state index contributed by atoms with van der Waals surface area (Å²) in [5.41, 5.74) is 0.394. The Bertz CT molecular complexity index is 837. The molecular formula is C20H22O4S. The van der Waals surface area contributed by atoms with E-state index in [9.17, 15) is 18.3 Å². The molecule has 2 aromatic rings. The van der Waals surface area contributed by atoms with Gasteiger partial charge in [-0.2, -0.15) is 0 Å². The molecule has 1 fully saturated rings. The van der Waals surface area contributed by atoms with Gasteiger partial charge in [-0.1, -0.05) is 62.1 Å². The van der Waals surface area contributed by atoms with Crippen LogP contribution in [0.3, 0.4) is 0 Å². The van der Waals surface area contributed by atoms with Crippen LogP contribution in [0.25, 0.3) is 0 Å². The Morgan fingerprint density at radius 2 is 1.60 bits per heavy atom. The molecule has 1 aliphatic rings. The lowest BCUT2D eigenvalue weighted by molar-refractivity contribution is -0.139. The minimum atomic E-state index is -3.75. The van der Waals surface area contributed by atoms with Gasteiger partial charge in [-0.05, 0) is 36.1 Å². The fourth-order valence-corrected chi connectivity index (χ4v) is 5.23. The van der Waals surface area contributed by atoms with Crippen LogP contribution in [-0.2, 0) is 14.6 Å². The highest BCUT2D eigenvalue weighted by Crippen LogP contribution is 2.37. The van der Waals surface area contributed by atoms with Crippen molar-refractivity contribution in [3.63, 3.8) is 0 Å². The van der Waals surface area contributed by atoms with Crippen LogP contribution in [-0.4, -0.2) is 19.5 Å². The van der Waals surface area contributed by atoms with Gasteiger partial charge in [0.15, 0.2) is 0 Å². The van der Waals surface area contributed by atoms with E-state index in [0.29, 0.717) is 17.9 Å². The summed E-state index contributed by atoms with van der Waals surface area (Å²) in [6.07, 6.45) is 4.80. The Morgan fingerprint density at radius 1 is 1.00 bits per heavy atom. The number of carboxylic acid groups (broad SMARTS) is 1. The molecule has 0 radical (unpaired) electrons. The zero-order valence-electron chi connectivity index (χ0n) is 14.0. The van der Waals surface area contributed by atoms with Crippen molar-refractivity contribution in [3.8, 4) is 0 Å². The van der Waals surface area contributed by atoms with Gasteiger partial charge in [0, 0.05) is 0 Å². The second-order valence-electron chi connectivity index (χ2n) is 6.63. The molecular weight excluding hydrogens is 336 g/mol. The Morgan fingerprint density at radius 3 is 2.24 bits per heavy atom. The average molecular weight is 358 g/mol. The molecule has 0 saturated heterocycles. The lowest BCUT2D eigenvalue weighted by Crippen LogP contribution is -2.18. The number of hydrogen-bond acceptors (Lipinski definition) is 3. The van der Waals surface area contributed by atoms with E-state index in [1.165, 1.54) is 6.07 Å². The summed E-state index contributed by atoms with van der Waals surface area (Å²) in [7, 11) is -3.75. The first-order valence-corrected chi connectivity index (χ1v) is 10.1. The summed E-state index contributed by atoms with van der Waals surface area (Å²) in [5.74, 6) is -1.39. The van der Waals surface area contributed by atoms with Gasteiger partial charge in [0.2, 0.25) is 9.84 Å². The van der Waals surface area contributed by atoms with Gasteiger partial charge >= 0.3 is 5.97 Å². The van der Waals surface area contributed by atoms with Crippen molar-refractivity contribution in [2.45, 2.75) is 47.8 Å². The fourth-order valence-electron chi connectivity index (χ4n) is 3.68. The van der Waals surface area contributed by atoms with Crippen molar-refractivity contribution in [1.29, 1.82) is 0 Å². The van der Waals surface area contributed by atoms with E-state index < -0.39 is 21.7 Å². The number of hydrogen-bond donors (Lipinski definition) is 1. The van der Waals surface area contributed by atoms with E-state index in [2.05, 4.69) is 0 Å². The van der Waals surface area contributed by atoms with E-state index in [1.807, 2.05) is 0 Å². The van der Waals surface area contributed by atoms with Gasteiger partial charge in [0.05, 0.1) is 15.7 Å². The topological polar surface area (TPSA) is 71.4 Å². The third-order valence-corrected chi connectivity index (χ3v) is 6.82. The predicted molar refractivity (Wildman–Crippen MR) is 95.3 cm³/mol. The molecule has 0 aromatic heterocycles. The van der Waals surface area contributed by atoms with Gasteiger partial charge in [0.25, 0.3) is 0 Å². The quantitative estimate of drug-likeness (QED) is 0.837. The third-order valence-electron chi connectivity index (χ3n) is 4.98. The molecule has 5 heteroatoms. The zero-order chi connectivity index (χ0) is 17.9. The summed E-state index contributed by atoms with van der Waals surface area (Å²) in [6.45, 7) is 0. The van der Waals surface area contributed by atoms with Crippen molar-refractivity contribution in [2.75, 3.05) is 0 Å².